The molecule has 0 fully saturated rings. The van der Waals surface area contributed by atoms with E-state index in [-0.39, 0.29) is 6.04 Å². The van der Waals surface area contributed by atoms with Crippen LogP contribution in [0.3, 0.4) is 0 Å². The SMILES string of the molecule is Cc1c(Cl)ccc2c1NC(c1ccccn1)C2. The van der Waals surface area contributed by atoms with E-state index in [9.17, 15) is 0 Å². The van der Waals surface area contributed by atoms with Gasteiger partial charge in [-0.2, -0.15) is 0 Å². The van der Waals surface area contributed by atoms with E-state index in [1.54, 1.807) is 0 Å². The quantitative estimate of drug-likeness (QED) is 0.826. The zero-order valence-corrected chi connectivity index (χ0v) is 10.3. The Hall–Kier alpha value is -1.54. The molecule has 17 heavy (non-hydrogen) atoms. The Morgan fingerprint density at radius 1 is 1.29 bits per heavy atom. The van der Waals surface area contributed by atoms with E-state index in [4.69, 9.17) is 11.6 Å². The van der Waals surface area contributed by atoms with Crippen LogP contribution in [0.4, 0.5) is 5.69 Å². The molecule has 1 aliphatic rings. The maximum absolute atomic E-state index is 6.13. The lowest BCUT2D eigenvalue weighted by Crippen LogP contribution is -2.07. The van der Waals surface area contributed by atoms with Gasteiger partial charge in [-0.3, -0.25) is 4.98 Å². The third-order valence-corrected chi connectivity index (χ3v) is 3.68. The van der Waals surface area contributed by atoms with Crippen LogP contribution in [-0.4, -0.2) is 4.98 Å². The molecular weight excluding hydrogens is 232 g/mol. The van der Waals surface area contributed by atoms with Crippen molar-refractivity contribution in [2.24, 2.45) is 0 Å². The largest absolute Gasteiger partial charge is 0.376 e. The molecule has 0 bridgehead atoms. The standard InChI is InChI=1S/C14H13ClN2/c1-9-11(15)6-5-10-8-13(17-14(9)10)12-4-2-3-7-16-12/h2-7,13,17H,8H2,1H3. The van der Waals surface area contributed by atoms with Gasteiger partial charge in [-0.05, 0) is 36.2 Å². The van der Waals surface area contributed by atoms with Crippen molar-refractivity contribution in [1.82, 2.24) is 4.98 Å². The normalized spacial score (nSPS) is 17.6. The maximum Gasteiger partial charge on any atom is 0.0726 e. The first-order valence-corrected chi connectivity index (χ1v) is 6.09. The molecule has 2 nitrogen and oxygen atoms in total. The van der Waals surface area contributed by atoms with Crippen molar-refractivity contribution in [1.29, 1.82) is 0 Å². The third-order valence-electron chi connectivity index (χ3n) is 3.27. The fourth-order valence-electron chi connectivity index (χ4n) is 2.32. The van der Waals surface area contributed by atoms with Crippen LogP contribution in [0.25, 0.3) is 0 Å². The van der Waals surface area contributed by atoms with E-state index in [0.29, 0.717) is 0 Å². The fourth-order valence-corrected chi connectivity index (χ4v) is 2.48. The molecule has 1 aliphatic heterocycles. The van der Waals surface area contributed by atoms with E-state index in [1.165, 1.54) is 11.3 Å². The van der Waals surface area contributed by atoms with Gasteiger partial charge in [0.15, 0.2) is 0 Å². The van der Waals surface area contributed by atoms with Crippen LogP contribution in [0, 0.1) is 6.92 Å². The first-order valence-electron chi connectivity index (χ1n) is 5.71. The van der Waals surface area contributed by atoms with Crippen LogP contribution in [0.15, 0.2) is 36.5 Å². The summed E-state index contributed by atoms with van der Waals surface area (Å²) in [6.45, 7) is 2.05. The average molecular weight is 245 g/mol. The van der Waals surface area contributed by atoms with E-state index in [2.05, 4.69) is 29.4 Å². The van der Waals surface area contributed by atoms with Crippen LogP contribution in [0.2, 0.25) is 5.02 Å². The van der Waals surface area contributed by atoms with Gasteiger partial charge in [0.05, 0.1) is 11.7 Å². The number of nitrogens with zero attached hydrogens (tertiary/aromatic N) is 1. The van der Waals surface area contributed by atoms with E-state index in [0.717, 1.165) is 22.7 Å². The number of benzene rings is 1. The Labute approximate surface area is 106 Å². The van der Waals surface area contributed by atoms with Crippen LogP contribution < -0.4 is 5.32 Å². The van der Waals surface area contributed by atoms with Crippen LogP contribution in [0.5, 0.6) is 0 Å². The van der Waals surface area contributed by atoms with E-state index < -0.39 is 0 Å². The number of hydrogen-bond donors (Lipinski definition) is 1. The highest BCUT2D eigenvalue weighted by atomic mass is 35.5. The molecule has 1 aromatic heterocycles. The molecule has 2 heterocycles. The van der Waals surface area contributed by atoms with Crippen molar-refractivity contribution < 1.29 is 0 Å². The summed E-state index contributed by atoms with van der Waals surface area (Å²) in [6, 6.07) is 10.4. The highest BCUT2D eigenvalue weighted by Crippen LogP contribution is 2.38. The van der Waals surface area contributed by atoms with Gasteiger partial charge in [-0.15, -0.1) is 0 Å². The summed E-state index contributed by atoms with van der Waals surface area (Å²) in [4.78, 5) is 4.40. The van der Waals surface area contributed by atoms with Gasteiger partial charge in [-0.25, -0.2) is 0 Å². The smallest absolute Gasteiger partial charge is 0.0726 e. The second kappa shape index (κ2) is 4.04. The van der Waals surface area contributed by atoms with Crippen molar-refractivity contribution in [3.8, 4) is 0 Å². The van der Waals surface area contributed by atoms with Crippen LogP contribution >= 0.6 is 11.6 Å². The monoisotopic (exact) mass is 244 g/mol. The molecule has 0 radical (unpaired) electrons. The van der Waals surface area contributed by atoms with Gasteiger partial charge in [0.1, 0.15) is 0 Å². The number of rotatable bonds is 1. The molecular formula is C14H13ClN2. The minimum absolute atomic E-state index is 0.267. The Bertz CT molecular complexity index is 552. The summed E-state index contributed by atoms with van der Waals surface area (Å²) in [5.74, 6) is 0. The topological polar surface area (TPSA) is 24.9 Å². The van der Waals surface area contributed by atoms with Gasteiger partial charge < -0.3 is 5.32 Å². The Morgan fingerprint density at radius 2 is 2.18 bits per heavy atom. The molecule has 3 rings (SSSR count). The number of fused-ring (bicyclic) bond motifs is 1. The first-order chi connectivity index (χ1) is 8.25. The molecule has 3 heteroatoms. The predicted molar refractivity (Wildman–Crippen MR) is 70.5 cm³/mol. The lowest BCUT2D eigenvalue weighted by molar-refractivity contribution is 0.788. The molecule has 86 valence electrons. The number of anilines is 1. The van der Waals surface area contributed by atoms with Crippen molar-refractivity contribution in [3.63, 3.8) is 0 Å². The minimum Gasteiger partial charge on any atom is -0.376 e. The third kappa shape index (κ3) is 1.79. The fraction of sp³-hybridized carbons (Fsp3) is 0.214. The van der Waals surface area contributed by atoms with Gasteiger partial charge in [-0.1, -0.05) is 23.7 Å². The number of aromatic nitrogens is 1. The molecule has 1 aromatic carbocycles. The predicted octanol–water partition coefficient (Wildman–Crippen LogP) is 3.75. The highest BCUT2D eigenvalue weighted by molar-refractivity contribution is 6.31. The minimum atomic E-state index is 0.267. The summed E-state index contributed by atoms with van der Waals surface area (Å²) >= 11 is 6.13. The maximum atomic E-state index is 6.13. The molecule has 0 saturated heterocycles. The van der Waals surface area contributed by atoms with Crippen molar-refractivity contribution in [2.45, 2.75) is 19.4 Å². The van der Waals surface area contributed by atoms with Gasteiger partial charge in [0.25, 0.3) is 0 Å². The van der Waals surface area contributed by atoms with Gasteiger partial charge in [0, 0.05) is 23.3 Å². The molecule has 1 N–H and O–H groups in total. The van der Waals surface area contributed by atoms with Crippen LogP contribution in [-0.2, 0) is 6.42 Å². The second-order valence-corrected chi connectivity index (χ2v) is 4.77. The number of pyridine rings is 1. The zero-order chi connectivity index (χ0) is 11.8. The molecule has 0 amide bonds. The second-order valence-electron chi connectivity index (χ2n) is 4.36. The Morgan fingerprint density at radius 3 is 2.94 bits per heavy atom. The highest BCUT2D eigenvalue weighted by Gasteiger charge is 2.24. The van der Waals surface area contributed by atoms with Crippen molar-refractivity contribution in [2.75, 3.05) is 5.32 Å². The number of halogens is 1. The van der Waals surface area contributed by atoms with Crippen molar-refractivity contribution in [3.05, 3.63) is 58.4 Å². The summed E-state index contributed by atoms with van der Waals surface area (Å²) in [5, 5.41) is 4.33. The molecule has 0 saturated carbocycles. The van der Waals surface area contributed by atoms with Gasteiger partial charge in [0.2, 0.25) is 0 Å². The van der Waals surface area contributed by atoms with Crippen molar-refractivity contribution >= 4 is 17.3 Å². The average Bonchev–Trinajstić information content (AvgIpc) is 2.80. The Balaban J connectivity index is 1.96. The lowest BCUT2D eigenvalue weighted by atomic mass is 10.1. The zero-order valence-electron chi connectivity index (χ0n) is 9.57. The number of hydrogen-bond acceptors (Lipinski definition) is 2. The van der Waals surface area contributed by atoms with Gasteiger partial charge >= 0.3 is 0 Å². The summed E-state index contributed by atoms with van der Waals surface area (Å²) in [7, 11) is 0. The Kier molecular flexibility index (Phi) is 2.52. The van der Waals surface area contributed by atoms with Crippen LogP contribution in [0.1, 0.15) is 22.9 Å². The molecule has 1 atom stereocenters. The van der Waals surface area contributed by atoms with E-state index >= 15 is 0 Å². The summed E-state index contributed by atoms with van der Waals surface area (Å²) in [6.07, 6.45) is 2.81. The lowest BCUT2D eigenvalue weighted by Gasteiger charge is -2.11. The number of nitrogens with one attached hydrogen (secondary N) is 1. The first kappa shape index (κ1) is 10.6. The molecule has 0 spiro atoms. The molecule has 0 aliphatic carbocycles. The summed E-state index contributed by atoms with van der Waals surface area (Å²) < 4.78 is 0. The summed E-state index contributed by atoms with van der Waals surface area (Å²) in [5.41, 5.74) is 4.71. The molecule has 2 aromatic rings. The molecule has 1 unspecified atom stereocenters. The van der Waals surface area contributed by atoms with E-state index in [1.807, 2.05) is 24.4 Å².